The molecule has 1 amide bonds. The fraction of sp³-hybridized carbons (Fsp3) is 0.350. The number of anilines is 1. The maximum atomic E-state index is 12.7. The highest BCUT2D eigenvalue weighted by molar-refractivity contribution is 7.89. The summed E-state index contributed by atoms with van der Waals surface area (Å²) < 4.78 is 26.7. The smallest absolute Gasteiger partial charge is 0.255 e. The maximum Gasteiger partial charge on any atom is 0.255 e. The number of rotatable bonds is 6. The van der Waals surface area contributed by atoms with Crippen molar-refractivity contribution in [1.29, 1.82) is 0 Å². The monoisotopic (exact) mass is 374 g/mol. The Morgan fingerprint density at radius 3 is 2.12 bits per heavy atom. The predicted octanol–water partition coefficient (Wildman–Crippen LogP) is 3.89. The van der Waals surface area contributed by atoms with E-state index in [9.17, 15) is 13.2 Å². The molecule has 2 aromatic rings. The molecule has 5 nitrogen and oxygen atoms in total. The molecule has 0 bridgehead atoms. The minimum absolute atomic E-state index is 0.131. The third kappa shape index (κ3) is 4.14. The average molecular weight is 375 g/mol. The molecule has 2 aromatic carbocycles. The first-order chi connectivity index (χ1) is 12.2. The predicted molar refractivity (Wildman–Crippen MR) is 105 cm³/mol. The van der Waals surface area contributed by atoms with Crippen molar-refractivity contribution in [2.45, 2.75) is 39.5 Å². The summed E-state index contributed by atoms with van der Waals surface area (Å²) in [5.74, 6) is -0.323. The highest BCUT2D eigenvalue weighted by Gasteiger charge is 2.22. The first-order valence-electron chi connectivity index (χ1n) is 8.70. The minimum atomic E-state index is -3.60. The number of nitrogens with one attached hydrogen (secondary N) is 1. The number of amides is 1. The first kappa shape index (κ1) is 20.1. The largest absolute Gasteiger partial charge is 0.322 e. The molecule has 0 aromatic heterocycles. The lowest BCUT2D eigenvalue weighted by molar-refractivity contribution is 0.102. The molecule has 0 radical (unpaired) electrons. The quantitative estimate of drug-likeness (QED) is 0.834. The van der Waals surface area contributed by atoms with Crippen molar-refractivity contribution in [3.05, 3.63) is 58.7 Å². The summed E-state index contributed by atoms with van der Waals surface area (Å²) in [6.45, 7) is 10.2. The molecule has 0 aliphatic heterocycles. The fourth-order valence-corrected chi connectivity index (χ4v) is 4.58. The van der Waals surface area contributed by atoms with Gasteiger partial charge in [0.15, 0.2) is 0 Å². The molecule has 0 unspecified atom stereocenters. The Balaban J connectivity index is 2.35. The van der Waals surface area contributed by atoms with Crippen LogP contribution < -0.4 is 5.32 Å². The summed E-state index contributed by atoms with van der Waals surface area (Å²) in [7, 11) is -3.60. The van der Waals surface area contributed by atoms with Gasteiger partial charge in [0.1, 0.15) is 0 Å². The third-order valence-corrected chi connectivity index (χ3v) is 6.40. The molecular formula is C20H26N2O3S. The van der Waals surface area contributed by atoms with E-state index in [2.05, 4.69) is 5.32 Å². The van der Waals surface area contributed by atoms with Crippen LogP contribution in [0, 0.1) is 20.8 Å². The number of hydrogen-bond acceptors (Lipinski definition) is 3. The number of aryl methyl sites for hydroxylation is 3. The van der Waals surface area contributed by atoms with Crippen LogP contribution in [0.4, 0.5) is 5.69 Å². The van der Waals surface area contributed by atoms with Crippen molar-refractivity contribution in [2.24, 2.45) is 0 Å². The van der Waals surface area contributed by atoms with Crippen LogP contribution in [0.5, 0.6) is 0 Å². The number of carbonyl (C=O) groups excluding carboxylic acids is 1. The number of hydrogen-bond donors (Lipinski definition) is 1. The van der Waals surface area contributed by atoms with Gasteiger partial charge in [-0.1, -0.05) is 37.6 Å². The van der Waals surface area contributed by atoms with Crippen LogP contribution in [0.3, 0.4) is 0 Å². The summed E-state index contributed by atoms with van der Waals surface area (Å²) in [6.07, 6.45) is 0. The molecule has 0 spiro atoms. The maximum absolute atomic E-state index is 12.7. The van der Waals surface area contributed by atoms with Gasteiger partial charge in [-0.2, -0.15) is 4.31 Å². The van der Waals surface area contributed by atoms with E-state index >= 15 is 0 Å². The molecule has 0 aliphatic rings. The summed E-state index contributed by atoms with van der Waals surface area (Å²) in [5, 5.41) is 2.91. The van der Waals surface area contributed by atoms with Gasteiger partial charge >= 0.3 is 0 Å². The van der Waals surface area contributed by atoms with E-state index in [1.54, 1.807) is 26.0 Å². The van der Waals surface area contributed by atoms with Crippen molar-refractivity contribution < 1.29 is 13.2 Å². The van der Waals surface area contributed by atoms with E-state index in [4.69, 9.17) is 0 Å². The highest BCUT2D eigenvalue weighted by Crippen LogP contribution is 2.23. The van der Waals surface area contributed by atoms with E-state index in [0.717, 1.165) is 22.4 Å². The molecule has 0 heterocycles. The van der Waals surface area contributed by atoms with Crippen LogP contribution in [0.15, 0.2) is 41.3 Å². The molecule has 0 fully saturated rings. The normalized spacial score (nSPS) is 11.6. The van der Waals surface area contributed by atoms with Crippen LogP contribution >= 0.6 is 0 Å². The Bertz CT molecular complexity index is 893. The van der Waals surface area contributed by atoms with Gasteiger partial charge < -0.3 is 5.32 Å². The van der Waals surface area contributed by atoms with Gasteiger partial charge in [0.25, 0.3) is 5.91 Å². The van der Waals surface area contributed by atoms with Gasteiger partial charge in [-0.25, -0.2) is 8.42 Å². The lowest BCUT2D eigenvalue weighted by Crippen LogP contribution is -2.30. The SMILES string of the molecule is CCN(CC)S(=O)(=O)c1cccc(C(=O)Nc2c(C)cc(C)cc2C)c1. The molecule has 0 saturated carbocycles. The van der Waals surface area contributed by atoms with Gasteiger partial charge in [-0.15, -0.1) is 0 Å². The molecule has 0 saturated heterocycles. The van der Waals surface area contributed by atoms with Crippen LogP contribution in [-0.4, -0.2) is 31.7 Å². The van der Waals surface area contributed by atoms with Crippen LogP contribution in [0.25, 0.3) is 0 Å². The lowest BCUT2D eigenvalue weighted by Gasteiger charge is -2.19. The van der Waals surface area contributed by atoms with Gasteiger partial charge in [0, 0.05) is 24.3 Å². The molecule has 6 heteroatoms. The average Bonchev–Trinajstić information content (AvgIpc) is 2.58. The van der Waals surface area contributed by atoms with Crippen molar-refractivity contribution in [3.63, 3.8) is 0 Å². The highest BCUT2D eigenvalue weighted by atomic mass is 32.2. The van der Waals surface area contributed by atoms with Crippen molar-refractivity contribution in [1.82, 2.24) is 4.31 Å². The van der Waals surface area contributed by atoms with E-state index in [1.165, 1.54) is 16.4 Å². The van der Waals surface area contributed by atoms with Crippen LogP contribution in [0.2, 0.25) is 0 Å². The summed E-state index contributed by atoms with van der Waals surface area (Å²) in [6, 6.07) is 10.2. The second-order valence-electron chi connectivity index (χ2n) is 6.35. The van der Waals surface area contributed by atoms with Crippen molar-refractivity contribution in [3.8, 4) is 0 Å². The van der Waals surface area contributed by atoms with Crippen LogP contribution in [0.1, 0.15) is 40.9 Å². The molecule has 26 heavy (non-hydrogen) atoms. The van der Waals surface area contributed by atoms with Crippen LogP contribution in [-0.2, 0) is 10.0 Å². The number of carbonyl (C=O) groups is 1. The Morgan fingerprint density at radius 2 is 1.58 bits per heavy atom. The second-order valence-corrected chi connectivity index (χ2v) is 8.28. The molecule has 1 N–H and O–H groups in total. The third-order valence-electron chi connectivity index (χ3n) is 4.35. The van der Waals surface area contributed by atoms with Gasteiger partial charge in [0.05, 0.1) is 4.90 Å². The number of sulfonamides is 1. The van der Waals surface area contributed by atoms with Crippen molar-refractivity contribution in [2.75, 3.05) is 18.4 Å². The zero-order valence-corrected chi connectivity index (χ0v) is 16.8. The summed E-state index contributed by atoms with van der Waals surface area (Å²) >= 11 is 0. The Hall–Kier alpha value is -2.18. The Kier molecular flexibility index (Phi) is 6.21. The zero-order valence-electron chi connectivity index (χ0n) is 16.0. The van der Waals surface area contributed by atoms with E-state index in [0.29, 0.717) is 18.7 Å². The zero-order chi connectivity index (χ0) is 19.5. The molecule has 0 atom stereocenters. The number of benzene rings is 2. The summed E-state index contributed by atoms with van der Waals surface area (Å²) in [4.78, 5) is 12.8. The molecule has 2 rings (SSSR count). The standard InChI is InChI=1S/C20H26N2O3S/c1-6-22(7-2)26(24,25)18-10-8-9-17(13-18)20(23)21-19-15(4)11-14(3)12-16(19)5/h8-13H,6-7H2,1-5H3,(H,21,23). The fourth-order valence-electron chi connectivity index (χ4n) is 3.07. The van der Waals surface area contributed by atoms with Gasteiger partial charge in [-0.05, 0) is 50.1 Å². The van der Waals surface area contributed by atoms with Gasteiger partial charge in [-0.3, -0.25) is 4.79 Å². The van der Waals surface area contributed by atoms with E-state index in [-0.39, 0.29) is 10.8 Å². The Morgan fingerprint density at radius 1 is 1.00 bits per heavy atom. The van der Waals surface area contributed by atoms with Gasteiger partial charge in [0.2, 0.25) is 10.0 Å². The topological polar surface area (TPSA) is 66.5 Å². The second kappa shape index (κ2) is 8.01. The first-order valence-corrected chi connectivity index (χ1v) is 10.1. The summed E-state index contributed by atoms with van der Waals surface area (Å²) in [5.41, 5.74) is 4.16. The molecule has 140 valence electrons. The number of nitrogens with zero attached hydrogens (tertiary/aromatic N) is 1. The minimum Gasteiger partial charge on any atom is -0.322 e. The lowest BCUT2D eigenvalue weighted by atomic mass is 10.0. The molecular weight excluding hydrogens is 348 g/mol. The van der Waals surface area contributed by atoms with E-state index < -0.39 is 10.0 Å². The van der Waals surface area contributed by atoms with E-state index in [1.807, 2.05) is 32.9 Å². The Labute approximate surface area is 156 Å². The van der Waals surface area contributed by atoms with Crippen molar-refractivity contribution >= 4 is 21.6 Å². The molecule has 0 aliphatic carbocycles.